The molecule has 0 aromatic carbocycles. The highest BCUT2D eigenvalue weighted by Gasteiger charge is 2.40. The zero-order chi connectivity index (χ0) is 17.5. The summed E-state index contributed by atoms with van der Waals surface area (Å²) in [4.78, 5) is 13.6. The van der Waals surface area contributed by atoms with Gasteiger partial charge < -0.3 is 4.90 Å². The number of halogens is 5. The Morgan fingerprint density at radius 1 is 1.30 bits per heavy atom. The number of carbonyl (C=O) groups is 1. The Morgan fingerprint density at radius 2 is 1.91 bits per heavy atom. The zero-order valence-corrected chi connectivity index (χ0v) is 13.8. The van der Waals surface area contributed by atoms with Gasteiger partial charge in [-0.15, -0.1) is 0 Å². The second kappa shape index (κ2) is 6.04. The smallest absolute Gasteiger partial charge is 0.334 e. The summed E-state index contributed by atoms with van der Waals surface area (Å²) in [5.41, 5.74) is -1.10. The average molecular weight is 370 g/mol. The molecule has 11 heteroatoms. The predicted molar refractivity (Wildman–Crippen MR) is 77.2 cm³/mol. The van der Waals surface area contributed by atoms with Crippen LogP contribution in [0.15, 0.2) is 6.20 Å². The summed E-state index contributed by atoms with van der Waals surface area (Å²) in [6.45, 7) is 0.0526. The standard InChI is InChI=1S/C12H12Cl2F3N5O/c1-20(5-7-6(13)4-18-21(7)2)11(23)9-8(14)10(12(15,16)17)19-22(9)3/h4H,5H2,1-3H3. The van der Waals surface area contributed by atoms with Crippen molar-refractivity contribution in [3.05, 3.63) is 33.3 Å². The van der Waals surface area contributed by atoms with Crippen LogP contribution in [-0.2, 0) is 26.8 Å². The first-order valence-corrected chi connectivity index (χ1v) is 7.01. The van der Waals surface area contributed by atoms with Crippen molar-refractivity contribution < 1.29 is 18.0 Å². The van der Waals surface area contributed by atoms with E-state index in [1.165, 1.54) is 29.9 Å². The molecule has 0 aliphatic heterocycles. The Morgan fingerprint density at radius 3 is 2.35 bits per heavy atom. The number of alkyl halides is 3. The molecule has 0 atom stereocenters. The largest absolute Gasteiger partial charge is 0.436 e. The van der Waals surface area contributed by atoms with Gasteiger partial charge in [0.25, 0.3) is 5.91 Å². The van der Waals surface area contributed by atoms with Crippen molar-refractivity contribution in [1.29, 1.82) is 0 Å². The van der Waals surface area contributed by atoms with Crippen molar-refractivity contribution in [2.75, 3.05) is 7.05 Å². The highest BCUT2D eigenvalue weighted by molar-refractivity contribution is 6.34. The Labute approximate surface area is 139 Å². The molecule has 0 bridgehead atoms. The van der Waals surface area contributed by atoms with Crippen molar-refractivity contribution >= 4 is 29.1 Å². The lowest BCUT2D eigenvalue weighted by atomic mass is 10.3. The number of hydrogen-bond donors (Lipinski definition) is 0. The highest BCUT2D eigenvalue weighted by Crippen LogP contribution is 2.35. The van der Waals surface area contributed by atoms with Crippen molar-refractivity contribution in [2.45, 2.75) is 12.7 Å². The van der Waals surface area contributed by atoms with Gasteiger partial charge in [-0.1, -0.05) is 23.2 Å². The molecule has 0 saturated carbocycles. The van der Waals surface area contributed by atoms with Gasteiger partial charge in [0.2, 0.25) is 0 Å². The molecule has 2 rings (SSSR count). The highest BCUT2D eigenvalue weighted by atomic mass is 35.5. The van der Waals surface area contributed by atoms with Crippen LogP contribution in [0, 0.1) is 0 Å². The van der Waals surface area contributed by atoms with E-state index in [9.17, 15) is 18.0 Å². The maximum Gasteiger partial charge on any atom is 0.436 e. The summed E-state index contributed by atoms with van der Waals surface area (Å²) < 4.78 is 40.7. The normalized spacial score (nSPS) is 11.8. The number of amides is 1. The van der Waals surface area contributed by atoms with E-state index < -0.39 is 22.8 Å². The van der Waals surface area contributed by atoms with Gasteiger partial charge in [0.05, 0.1) is 23.5 Å². The zero-order valence-electron chi connectivity index (χ0n) is 12.3. The van der Waals surface area contributed by atoms with Gasteiger partial charge in [-0.05, 0) is 0 Å². The molecule has 126 valence electrons. The molecule has 2 aromatic rings. The molecule has 0 aliphatic carbocycles. The first kappa shape index (κ1) is 17.6. The van der Waals surface area contributed by atoms with Gasteiger partial charge in [-0.3, -0.25) is 14.2 Å². The molecule has 0 saturated heterocycles. The Bertz CT molecular complexity index is 733. The minimum atomic E-state index is -4.74. The molecule has 0 aliphatic rings. The molecular formula is C12H12Cl2F3N5O. The molecule has 0 radical (unpaired) electrons. The average Bonchev–Trinajstić information content (AvgIpc) is 2.91. The first-order chi connectivity index (χ1) is 10.5. The van der Waals surface area contributed by atoms with Crippen LogP contribution in [0.2, 0.25) is 10.0 Å². The summed E-state index contributed by atoms with van der Waals surface area (Å²) in [5.74, 6) is -0.710. The fourth-order valence-corrected chi connectivity index (χ4v) is 2.58. The lowest BCUT2D eigenvalue weighted by molar-refractivity contribution is -0.141. The van der Waals surface area contributed by atoms with Gasteiger partial charge >= 0.3 is 6.18 Å². The minimum absolute atomic E-state index is 0.0526. The number of carbonyl (C=O) groups excluding carboxylic acids is 1. The lowest BCUT2D eigenvalue weighted by Gasteiger charge is -2.17. The molecule has 0 fully saturated rings. The summed E-state index contributed by atoms with van der Waals surface area (Å²) in [7, 11) is 4.28. The number of aryl methyl sites for hydroxylation is 2. The van der Waals surface area contributed by atoms with Crippen LogP contribution in [0.5, 0.6) is 0 Å². The van der Waals surface area contributed by atoms with E-state index in [1.54, 1.807) is 7.05 Å². The summed E-state index contributed by atoms with van der Waals surface area (Å²) >= 11 is 11.7. The predicted octanol–water partition coefficient (Wildman–Crippen LogP) is 2.75. The quantitative estimate of drug-likeness (QED) is 0.835. The molecule has 2 heterocycles. The van der Waals surface area contributed by atoms with Crippen LogP contribution in [0.3, 0.4) is 0 Å². The van der Waals surface area contributed by atoms with Crippen molar-refractivity contribution in [1.82, 2.24) is 24.5 Å². The first-order valence-electron chi connectivity index (χ1n) is 6.25. The third-order valence-corrected chi connectivity index (χ3v) is 3.88. The number of aromatic nitrogens is 4. The summed E-state index contributed by atoms with van der Waals surface area (Å²) in [6, 6.07) is 0. The Hall–Kier alpha value is -1.74. The van der Waals surface area contributed by atoms with E-state index in [0.29, 0.717) is 10.7 Å². The number of nitrogens with zero attached hydrogens (tertiary/aromatic N) is 5. The molecule has 23 heavy (non-hydrogen) atoms. The molecule has 1 amide bonds. The van der Waals surface area contributed by atoms with Gasteiger partial charge in [0.15, 0.2) is 5.69 Å². The van der Waals surface area contributed by atoms with Crippen LogP contribution in [0.1, 0.15) is 21.9 Å². The Balaban J connectivity index is 2.32. The SMILES string of the molecule is CN(Cc1c(Cl)cnn1C)C(=O)c1c(Cl)c(C(F)(F)F)nn1C. The molecule has 0 unspecified atom stereocenters. The minimum Gasteiger partial charge on any atom is -0.334 e. The molecule has 0 spiro atoms. The van der Waals surface area contributed by atoms with Gasteiger partial charge in [-0.25, -0.2) is 0 Å². The molecular weight excluding hydrogens is 358 g/mol. The van der Waals surface area contributed by atoms with Crippen LogP contribution >= 0.6 is 23.2 Å². The maximum atomic E-state index is 12.8. The fourth-order valence-electron chi connectivity index (χ4n) is 2.00. The van der Waals surface area contributed by atoms with E-state index >= 15 is 0 Å². The molecule has 2 aromatic heterocycles. The third kappa shape index (κ3) is 3.30. The molecule has 6 nitrogen and oxygen atoms in total. The number of hydrogen-bond acceptors (Lipinski definition) is 3. The maximum absolute atomic E-state index is 12.8. The van der Waals surface area contributed by atoms with Crippen molar-refractivity contribution in [2.24, 2.45) is 14.1 Å². The van der Waals surface area contributed by atoms with E-state index in [4.69, 9.17) is 23.2 Å². The van der Waals surface area contributed by atoms with Gasteiger partial charge in [-0.2, -0.15) is 23.4 Å². The van der Waals surface area contributed by atoms with Crippen LogP contribution in [-0.4, -0.2) is 37.4 Å². The second-order valence-corrected chi connectivity index (χ2v) is 5.64. The van der Waals surface area contributed by atoms with E-state index in [-0.39, 0.29) is 12.2 Å². The summed E-state index contributed by atoms with van der Waals surface area (Å²) in [6.07, 6.45) is -3.33. The number of rotatable bonds is 3. The topological polar surface area (TPSA) is 56.0 Å². The van der Waals surface area contributed by atoms with Crippen molar-refractivity contribution in [3.63, 3.8) is 0 Å². The monoisotopic (exact) mass is 369 g/mol. The fraction of sp³-hybridized carbons (Fsp3) is 0.417. The third-order valence-electron chi connectivity index (χ3n) is 3.20. The van der Waals surface area contributed by atoms with Crippen LogP contribution in [0.25, 0.3) is 0 Å². The van der Waals surface area contributed by atoms with Crippen molar-refractivity contribution in [3.8, 4) is 0 Å². The van der Waals surface area contributed by atoms with E-state index in [0.717, 1.165) is 4.68 Å². The van der Waals surface area contributed by atoms with Gasteiger partial charge in [0, 0.05) is 21.1 Å². The molecule has 0 N–H and O–H groups in total. The lowest BCUT2D eigenvalue weighted by Crippen LogP contribution is -2.29. The van der Waals surface area contributed by atoms with E-state index in [1.807, 2.05) is 0 Å². The van der Waals surface area contributed by atoms with Crippen LogP contribution < -0.4 is 0 Å². The van der Waals surface area contributed by atoms with Crippen LogP contribution in [0.4, 0.5) is 13.2 Å². The summed E-state index contributed by atoms with van der Waals surface area (Å²) in [5, 5.41) is 6.83. The van der Waals surface area contributed by atoms with E-state index in [2.05, 4.69) is 10.2 Å². The second-order valence-electron chi connectivity index (χ2n) is 4.86. The van der Waals surface area contributed by atoms with Gasteiger partial charge in [0.1, 0.15) is 10.7 Å². The Kier molecular flexibility index (Phi) is 4.63.